The Morgan fingerprint density at radius 1 is 1.00 bits per heavy atom. The van der Waals surface area contributed by atoms with E-state index >= 15 is 0 Å². The molecule has 4 nitrogen and oxygen atoms in total. The van der Waals surface area contributed by atoms with Gasteiger partial charge in [-0.25, -0.2) is 0 Å². The third-order valence-electron chi connectivity index (χ3n) is 3.89. The number of benzene rings is 2. The van der Waals surface area contributed by atoms with Gasteiger partial charge < -0.3 is 15.2 Å². The summed E-state index contributed by atoms with van der Waals surface area (Å²) >= 11 is 0. The lowest BCUT2D eigenvalue weighted by Crippen LogP contribution is -2.36. The fourth-order valence-corrected chi connectivity index (χ4v) is 2.38. The second kappa shape index (κ2) is 10.7. The van der Waals surface area contributed by atoms with Crippen LogP contribution < -0.4 is 10.5 Å². The molecular weight excluding hydrogens is 338 g/mol. The summed E-state index contributed by atoms with van der Waals surface area (Å²) in [4.78, 5) is 11.8. The van der Waals surface area contributed by atoms with Crippen LogP contribution in [0, 0.1) is 5.92 Å². The van der Waals surface area contributed by atoms with Crippen molar-refractivity contribution in [2.24, 2.45) is 11.7 Å². The lowest BCUT2D eigenvalue weighted by atomic mass is 9.95. The van der Waals surface area contributed by atoms with Crippen LogP contribution in [0.5, 0.6) is 5.75 Å². The minimum Gasteiger partial charge on any atom is -0.493 e. The fraction of sp³-hybridized carbons (Fsp3) is 0.350. The van der Waals surface area contributed by atoms with E-state index in [0.717, 1.165) is 12.2 Å². The molecule has 136 valence electrons. The predicted molar refractivity (Wildman–Crippen MR) is 102 cm³/mol. The zero-order valence-electron chi connectivity index (χ0n) is 14.6. The van der Waals surface area contributed by atoms with Crippen LogP contribution in [0.2, 0.25) is 0 Å². The lowest BCUT2D eigenvalue weighted by molar-refractivity contribution is -0.152. The Labute approximate surface area is 155 Å². The van der Waals surface area contributed by atoms with E-state index in [1.807, 2.05) is 55.5 Å². The molecule has 0 fully saturated rings. The first kappa shape index (κ1) is 21.0. The van der Waals surface area contributed by atoms with Gasteiger partial charge in [0, 0.05) is 5.92 Å². The first-order chi connectivity index (χ1) is 11.6. The molecule has 0 aliphatic heterocycles. The van der Waals surface area contributed by atoms with Crippen LogP contribution in [-0.2, 0) is 16.0 Å². The molecule has 0 radical (unpaired) electrons. The van der Waals surface area contributed by atoms with Crippen molar-refractivity contribution in [3.63, 3.8) is 0 Å². The fourth-order valence-electron chi connectivity index (χ4n) is 2.38. The molecule has 0 bridgehead atoms. The Morgan fingerprint density at radius 2 is 1.56 bits per heavy atom. The lowest BCUT2D eigenvalue weighted by Gasteiger charge is -2.25. The smallest absolute Gasteiger partial charge is 0.322 e. The van der Waals surface area contributed by atoms with Gasteiger partial charge in [0.05, 0.1) is 6.61 Å². The zero-order valence-corrected chi connectivity index (χ0v) is 15.4. The summed E-state index contributed by atoms with van der Waals surface area (Å²) in [6, 6.07) is 19.1. The molecule has 5 heteroatoms. The first-order valence-electron chi connectivity index (χ1n) is 8.24. The minimum absolute atomic E-state index is 0. The van der Waals surface area contributed by atoms with Gasteiger partial charge in [-0.15, -0.1) is 12.4 Å². The molecule has 0 aliphatic carbocycles. The summed E-state index contributed by atoms with van der Waals surface area (Å²) in [6.45, 7) is 3.98. The van der Waals surface area contributed by atoms with Gasteiger partial charge in [0.25, 0.3) is 0 Å². The van der Waals surface area contributed by atoms with Crippen LogP contribution in [0.4, 0.5) is 0 Å². The highest BCUT2D eigenvalue weighted by Gasteiger charge is 2.23. The number of para-hydroxylation sites is 1. The molecule has 2 rings (SSSR count). The average Bonchev–Trinajstić information content (AvgIpc) is 2.60. The van der Waals surface area contributed by atoms with Crippen molar-refractivity contribution in [3.05, 3.63) is 66.2 Å². The van der Waals surface area contributed by atoms with E-state index in [2.05, 4.69) is 12.1 Å². The van der Waals surface area contributed by atoms with E-state index in [1.165, 1.54) is 5.56 Å². The van der Waals surface area contributed by atoms with Gasteiger partial charge in [-0.05, 0) is 38.0 Å². The molecule has 2 aromatic carbocycles. The van der Waals surface area contributed by atoms with Gasteiger partial charge in [0.2, 0.25) is 0 Å². The summed E-state index contributed by atoms with van der Waals surface area (Å²) in [7, 11) is 0. The number of carbonyl (C=O) groups is 1. The molecule has 1 unspecified atom stereocenters. The summed E-state index contributed by atoms with van der Waals surface area (Å²) in [6.07, 6.45) is 0.480. The van der Waals surface area contributed by atoms with Crippen molar-refractivity contribution in [1.29, 1.82) is 0 Å². The van der Waals surface area contributed by atoms with Crippen molar-refractivity contribution in [2.75, 3.05) is 6.61 Å². The Kier molecular flexibility index (Phi) is 9.03. The third-order valence-corrected chi connectivity index (χ3v) is 3.89. The van der Waals surface area contributed by atoms with Gasteiger partial charge in [-0.2, -0.15) is 0 Å². The molecule has 0 amide bonds. The number of hydrogen-bond donors (Lipinski definition) is 1. The van der Waals surface area contributed by atoms with Crippen LogP contribution in [0.25, 0.3) is 0 Å². The molecule has 0 aromatic heterocycles. The number of esters is 1. The van der Waals surface area contributed by atoms with Crippen molar-refractivity contribution in [1.82, 2.24) is 0 Å². The number of ether oxygens (including phenoxy) is 2. The monoisotopic (exact) mass is 363 g/mol. The van der Waals surface area contributed by atoms with Crippen LogP contribution >= 0.6 is 12.4 Å². The number of nitrogens with two attached hydrogens (primary N) is 1. The van der Waals surface area contributed by atoms with Gasteiger partial charge in [0.1, 0.15) is 17.9 Å². The third kappa shape index (κ3) is 7.16. The maximum atomic E-state index is 11.8. The first-order valence-corrected chi connectivity index (χ1v) is 8.24. The van der Waals surface area contributed by atoms with E-state index in [0.29, 0.717) is 6.61 Å². The van der Waals surface area contributed by atoms with E-state index in [9.17, 15) is 4.79 Å². The van der Waals surface area contributed by atoms with Crippen molar-refractivity contribution in [2.45, 2.75) is 32.4 Å². The van der Waals surface area contributed by atoms with Crippen molar-refractivity contribution < 1.29 is 14.3 Å². The normalized spacial score (nSPS) is 13.9. The number of carbonyl (C=O) groups excluding carboxylic acids is 1. The van der Waals surface area contributed by atoms with Crippen LogP contribution in [0.1, 0.15) is 19.4 Å². The summed E-state index contributed by atoms with van der Waals surface area (Å²) in [5.41, 5.74) is 6.78. The van der Waals surface area contributed by atoms with E-state index < -0.39 is 6.04 Å². The van der Waals surface area contributed by atoms with Crippen LogP contribution in [-0.4, -0.2) is 24.7 Å². The van der Waals surface area contributed by atoms with Crippen LogP contribution in [0.3, 0.4) is 0 Å². The standard InChI is InChI=1S/C20H25NO3.ClH/c1-15(21)20(22)24-16(2)18(13-17-9-5-3-6-10-17)14-23-19-11-7-4-8-12-19;/h3-12,15-16,18H,13-14,21H2,1-2H3;1H/t15?,16-,18-;/m0./s1. The molecular formula is C20H26ClNO3. The molecule has 3 atom stereocenters. The second-order valence-corrected chi connectivity index (χ2v) is 6.00. The van der Waals surface area contributed by atoms with Crippen molar-refractivity contribution in [3.8, 4) is 5.75 Å². The maximum Gasteiger partial charge on any atom is 0.322 e. The molecule has 2 N–H and O–H groups in total. The van der Waals surface area contributed by atoms with E-state index in [-0.39, 0.29) is 30.4 Å². The number of rotatable bonds is 8. The average molecular weight is 364 g/mol. The van der Waals surface area contributed by atoms with Gasteiger partial charge in [-0.1, -0.05) is 48.5 Å². The Morgan fingerprint density at radius 3 is 2.12 bits per heavy atom. The zero-order chi connectivity index (χ0) is 17.4. The minimum atomic E-state index is -0.625. The molecule has 2 aromatic rings. The number of hydrogen-bond acceptors (Lipinski definition) is 4. The SMILES string of the molecule is CC(N)C(=O)O[C@@H](C)[C@H](COc1ccccc1)Cc1ccccc1.Cl. The quantitative estimate of drug-likeness (QED) is 0.727. The van der Waals surface area contributed by atoms with Crippen LogP contribution in [0.15, 0.2) is 60.7 Å². The molecule has 0 spiro atoms. The summed E-state index contributed by atoms with van der Waals surface area (Å²) in [5, 5.41) is 0. The number of halogens is 1. The highest BCUT2D eigenvalue weighted by Crippen LogP contribution is 2.18. The van der Waals surface area contributed by atoms with Crippen molar-refractivity contribution >= 4 is 18.4 Å². The second-order valence-electron chi connectivity index (χ2n) is 6.00. The summed E-state index contributed by atoms with van der Waals surface area (Å²) in [5.74, 6) is 0.455. The Hall–Kier alpha value is -2.04. The molecule has 0 aliphatic rings. The van der Waals surface area contributed by atoms with E-state index in [1.54, 1.807) is 6.92 Å². The largest absolute Gasteiger partial charge is 0.493 e. The maximum absolute atomic E-state index is 11.8. The van der Waals surface area contributed by atoms with Gasteiger partial charge in [0.15, 0.2) is 0 Å². The topological polar surface area (TPSA) is 61.6 Å². The highest BCUT2D eigenvalue weighted by molar-refractivity contribution is 5.85. The van der Waals surface area contributed by atoms with Gasteiger partial charge in [-0.3, -0.25) is 4.79 Å². The highest BCUT2D eigenvalue weighted by atomic mass is 35.5. The summed E-state index contributed by atoms with van der Waals surface area (Å²) < 4.78 is 11.4. The Bertz CT molecular complexity index is 619. The molecule has 0 saturated heterocycles. The molecule has 0 saturated carbocycles. The molecule has 25 heavy (non-hydrogen) atoms. The predicted octanol–water partition coefficient (Wildman–Crippen LogP) is 3.63. The Balaban J connectivity index is 0.00000312. The van der Waals surface area contributed by atoms with Gasteiger partial charge >= 0.3 is 5.97 Å². The van der Waals surface area contributed by atoms with E-state index in [4.69, 9.17) is 15.2 Å². The molecule has 0 heterocycles.